The van der Waals surface area contributed by atoms with Gasteiger partial charge in [0.15, 0.2) is 0 Å². The standard InChI is InChI=1S/C19H29NO.C3H9N.C2H3F3/c1-16-8-7-9-17(14-16)18(15-20-12-5-6-13-20)19(21)10-3-2-4-11-19;1-4(2)3;1-2(3,4)5/h7-9,14,18,21H,2-6,10-13,15H2,1H3;1-3H3;1H3. The number of likely N-dealkylation sites (tertiary alicyclic amines) is 1. The summed E-state index contributed by atoms with van der Waals surface area (Å²) in [4.78, 5) is 4.56. The predicted molar refractivity (Wildman–Crippen MR) is 119 cm³/mol. The highest BCUT2D eigenvalue weighted by molar-refractivity contribution is 5.28. The van der Waals surface area contributed by atoms with E-state index in [1.165, 1.54) is 56.3 Å². The Morgan fingerprint density at radius 1 is 1.03 bits per heavy atom. The van der Waals surface area contributed by atoms with Crippen molar-refractivity contribution < 1.29 is 18.3 Å². The Morgan fingerprint density at radius 2 is 1.53 bits per heavy atom. The Balaban J connectivity index is 0.000000425. The van der Waals surface area contributed by atoms with Crippen molar-refractivity contribution in [1.29, 1.82) is 0 Å². The second kappa shape index (κ2) is 12.7. The Bertz CT molecular complexity index is 584. The molecule has 0 amide bonds. The molecule has 3 nitrogen and oxygen atoms in total. The van der Waals surface area contributed by atoms with Crippen molar-refractivity contribution in [3.8, 4) is 0 Å². The molecule has 1 unspecified atom stereocenters. The smallest absolute Gasteiger partial charge is 0.386 e. The molecule has 2 fully saturated rings. The maximum Gasteiger partial charge on any atom is 0.386 e. The van der Waals surface area contributed by atoms with Crippen molar-refractivity contribution in [2.75, 3.05) is 40.8 Å². The molecule has 0 radical (unpaired) electrons. The lowest BCUT2D eigenvalue weighted by atomic mass is 9.72. The van der Waals surface area contributed by atoms with E-state index in [1.807, 2.05) is 26.0 Å². The third-order valence-corrected chi connectivity index (χ3v) is 5.45. The number of rotatable bonds is 4. The zero-order chi connectivity index (χ0) is 22.8. The molecule has 0 aromatic heterocycles. The summed E-state index contributed by atoms with van der Waals surface area (Å²) in [6, 6.07) is 8.81. The number of halogens is 3. The van der Waals surface area contributed by atoms with Crippen LogP contribution in [0.1, 0.15) is 68.9 Å². The van der Waals surface area contributed by atoms with E-state index in [4.69, 9.17) is 0 Å². The first-order valence-electron chi connectivity index (χ1n) is 11.1. The van der Waals surface area contributed by atoms with Gasteiger partial charge in [-0.1, -0.05) is 49.1 Å². The lowest BCUT2D eigenvalue weighted by Gasteiger charge is -2.41. The van der Waals surface area contributed by atoms with Gasteiger partial charge in [0.05, 0.1) is 5.60 Å². The number of hydrogen-bond acceptors (Lipinski definition) is 3. The Labute approximate surface area is 181 Å². The van der Waals surface area contributed by atoms with E-state index >= 15 is 0 Å². The van der Waals surface area contributed by atoms with Gasteiger partial charge in [-0.25, -0.2) is 0 Å². The Hall–Kier alpha value is -1.11. The van der Waals surface area contributed by atoms with Gasteiger partial charge in [0.2, 0.25) is 0 Å². The molecule has 2 aliphatic rings. The number of aliphatic hydroxyl groups is 1. The highest BCUT2D eigenvalue weighted by atomic mass is 19.4. The van der Waals surface area contributed by atoms with Gasteiger partial charge < -0.3 is 14.9 Å². The van der Waals surface area contributed by atoms with E-state index in [0.29, 0.717) is 0 Å². The molecule has 0 spiro atoms. The predicted octanol–water partition coefficient (Wildman–Crippen LogP) is 5.62. The van der Waals surface area contributed by atoms with Crippen LogP contribution < -0.4 is 0 Å². The fourth-order valence-corrected chi connectivity index (χ4v) is 4.21. The van der Waals surface area contributed by atoms with E-state index < -0.39 is 11.8 Å². The fourth-order valence-electron chi connectivity index (χ4n) is 4.21. The molecule has 1 heterocycles. The minimum Gasteiger partial charge on any atom is -0.389 e. The Kier molecular flexibility index (Phi) is 11.4. The normalized spacial score (nSPS) is 20.1. The van der Waals surface area contributed by atoms with Crippen LogP contribution in [0.5, 0.6) is 0 Å². The van der Waals surface area contributed by atoms with Gasteiger partial charge in [-0.3, -0.25) is 0 Å². The second-order valence-electron chi connectivity index (χ2n) is 9.26. The van der Waals surface area contributed by atoms with E-state index in [1.54, 1.807) is 0 Å². The largest absolute Gasteiger partial charge is 0.389 e. The molecule has 1 aromatic carbocycles. The summed E-state index contributed by atoms with van der Waals surface area (Å²) in [5, 5.41) is 11.3. The van der Waals surface area contributed by atoms with Crippen molar-refractivity contribution in [3.05, 3.63) is 35.4 Å². The molecule has 3 rings (SSSR count). The maximum absolute atomic E-state index is 11.3. The van der Waals surface area contributed by atoms with Gasteiger partial charge in [-0.15, -0.1) is 0 Å². The molecule has 0 bridgehead atoms. The third kappa shape index (κ3) is 11.3. The molecule has 1 aliphatic carbocycles. The molecule has 1 aromatic rings. The Morgan fingerprint density at radius 3 is 2.00 bits per heavy atom. The lowest BCUT2D eigenvalue weighted by Crippen LogP contribution is -2.43. The van der Waals surface area contributed by atoms with Crippen molar-refractivity contribution in [2.24, 2.45) is 0 Å². The summed E-state index contributed by atoms with van der Waals surface area (Å²) >= 11 is 0. The molecular formula is C24H41F3N2O. The van der Waals surface area contributed by atoms with Gasteiger partial charge in [-0.2, -0.15) is 13.2 Å². The quantitative estimate of drug-likeness (QED) is 0.672. The summed E-state index contributed by atoms with van der Waals surface area (Å²) < 4.78 is 31.1. The van der Waals surface area contributed by atoms with Crippen LogP contribution in [0.25, 0.3) is 0 Å². The molecule has 1 atom stereocenters. The zero-order valence-electron chi connectivity index (χ0n) is 19.4. The van der Waals surface area contributed by atoms with Gasteiger partial charge in [-0.05, 0) is 72.4 Å². The average molecular weight is 431 g/mol. The van der Waals surface area contributed by atoms with Crippen molar-refractivity contribution in [3.63, 3.8) is 0 Å². The molecule has 174 valence electrons. The molecule has 1 aliphatic heterocycles. The number of benzene rings is 1. The molecule has 1 N–H and O–H groups in total. The summed E-state index contributed by atoms with van der Waals surface area (Å²) in [5.74, 6) is 0.274. The number of nitrogens with zero attached hydrogens (tertiary/aromatic N) is 2. The van der Waals surface area contributed by atoms with Gasteiger partial charge in [0, 0.05) is 19.4 Å². The number of hydrogen-bond donors (Lipinski definition) is 1. The minimum absolute atomic E-state index is 0.188. The number of alkyl halides is 3. The monoisotopic (exact) mass is 430 g/mol. The molecule has 1 saturated carbocycles. The molecule has 1 saturated heterocycles. The zero-order valence-corrected chi connectivity index (χ0v) is 19.4. The first kappa shape index (κ1) is 26.9. The topological polar surface area (TPSA) is 26.7 Å². The van der Waals surface area contributed by atoms with E-state index in [2.05, 4.69) is 36.1 Å². The van der Waals surface area contributed by atoms with Crippen LogP contribution in [0.4, 0.5) is 13.2 Å². The van der Waals surface area contributed by atoms with Crippen LogP contribution in [0.15, 0.2) is 24.3 Å². The number of aryl methyl sites for hydroxylation is 1. The SMILES string of the molecule is CC(F)(F)F.CN(C)C.Cc1cccc(C(CN2CCCC2)C2(O)CCCCC2)c1. The highest BCUT2D eigenvalue weighted by Gasteiger charge is 2.39. The van der Waals surface area contributed by atoms with Crippen LogP contribution in [0.3, 0.4) is 0 Å². The summed E-state index contributed by atoms with van der Waals surface area (Å²) in [5.41, 5.74) is 2.15. The van der Waals surface area contributed by atoms with E-state index in [9.17, 15) is 18.3 Å². The lowest BCUT2D eigenvalue weighted by molar-refractivity contribution is -0.110. The first-order chi connectivity index (χ1) is 13.9. The molecule has 30 heavy (non-hydrogen) atoms. The average Bonchev–Trinajstić information content (AvgIpc) is 3.11. The first-order valence-corrected chi connectivity index (χ1v) is 11.1. The molecular weight excluding hydrogens is 389 g/mol. The summed E-state index contributed by atoms with van der Waals surface area (Å²) in [7, 11) is 6.00. The fraction of sp³-hybridized carbons (Fsp3) is 0.750. The third-order valence-electron chi connectivity index (χ3n) is 5.45. The van der Waals surface area contributed by atoms with Crippen molar-refractivity contribution >= 4 is 0 Å². The van der Waals surface area contributed by atoms with Gasteiger partial charge in [0.25, 0.3) is 0 Å². The second-order valence-corrected chi connectivity index (χ2v) is 9.26. The van der Waals surface area contributed by atoms with Gasteiger partial charge in [0.1, 0.15) is 0 Å². The van der Waals surface area contributed by atoms with Crippen molar-refractivity contribution in [1.82, 2.24) is 9.80 Å². The van der Waals surface area contributed by atoms with Gasteiger partial charge >= 0.3 is 6.18 Å². The summed E-state index contributed by atoms with van der Waals surface area (Å²) in [6.45, 7) is 5.78. The van der Waals surface area contributed by atoms with Crippen LogP contribution in [0, 0.1) is 6.92 Å². The summed E-state index contributed by atoms with van der Waals surface area (Å²) in [6.07, 6.45) is 4.22. The maximum atomic E-state index is 11.3. The molecule has 6 heteroatoms. The van der Waals surface area contributed by atoms with E-state index in [0.717, 1.165) is 19.4 Å². The van der Waals surface area contributed by atoms with Crippen LogP contribution in [0.2, 0.25) is 0 Å². The highest BCUT2D eigenvalue weighted by Crippen LogP contribution is 2.41. The minimum atomic E-state index is -4.00. The van der Waals surface area contributed by atoms with Crippen molar-refractivity contribution in [2.45, 2.75) is 76.5 Å². The van der Waals surface area contributed by atoms with Crippen LogP contribution in [-0.2, 0) is 0 Å². The van der Waals surface area contributed by atoms with Crippen LogP contribution >= 0.6 is 0 Å². The van der Waals surface area contributed by atoms with E-state index in [-0.39, 0.29) is 12.8 Å². The van der Waals surface area contributed by atoms with Crippen LogP contribution in [-0.4, -0.2) is 67.5 Å².